The number of hydrogen-bond donors (Lipinski definition) is 1. The number of benzene rings is 1. The van der Waals surface area contributed by atoms with Crippen molar-refractivity contribution in [3.8, 4) is 0 Å². The van der Waals surface area contributed by atoms with Gasteiger partial charge in [-0.2, -0.15) is 0 Å². The van der Waals surface area contributed by atoms with Crippen molar-refractivity contribution in [2.75, 3.05) is 6.54 Å². The summed E-state index contributed by atoms with van der Waals surface area (Å²) < 4.78 is 5.51. The number of amides is 1. The topological polar surface area (TPSA) is 66.8 Å². The number of likely N-dealkylation sites (tertiary alicyclic amines) is 1. The molecule has 3 atom stereocenters. The van der Waals surface area contributed by atoms with Crippen LogP contribution in [0.2, 0.25) is 0 Å². The summed E-state index contributed by atoms with van der Waals surface area (Å²) in [7, 11) is 0. The van der Waals surface area contributed by atoms with Gasteiger partial charge in [-0.3, -0.25) is 4.79 Å². The number of nitrogens with zero attached hydrogens (tertiary/aromatic N) is 1. The molecule has 0 aromatic heterocycles. The Hall–Kier alpha value is -1.88. The number of carbonyl (C=O) groups is 2. The van der Waals surface area contributed by atoms with Gasteiger partial charge in [0.25, 0.3) is 5.91 Å². The van der Waals surface area contributed by atoms with E-state index in [-0.39, 0.29) is 11.4 Å². The predicted octanol–water partition coefficient (Wildman–Crippen LogP) is 3.02. The average molecular weight is 345 g/mol. The molecule has 2 heterocycles. The molecule has 2 aliphatic heterocycles. The Bertz CT molecular complexity index is 617. The SMILES string of the molecule is CCC1(CCc2ccccc2)CCCN1C(=O)[C@H]1CC[C@@H](C(=O)O)O1. The highest BCUT2D eigenvalue weighted by atomic mass is 16.5. The van der Waals surface area contributed by atoms with E-state index in [0.717, 1.165) is 38.6 Å². The predicted molar refractivity (Wildman–Crippen MR) is 94.3 cm³/mol. The number of aryl methyl sites for hydroxylation is 1. The lowest BCUT2D eigenvalue weighted by Gasteiger charge is -2.39. The molecule has 25 heavy (non-hydrogen) atoms. The van der Waals surface area contributed by atoms with Gasteiger partial charge >= 0.3 is 5.97 Å². The Morgan fingerprint density at radius 3 is 2.60 bits per heavy atom. The van der Waals surface area contributed by atoms with Gasteiger partial charge in [0.1, 0.15) is 6.10 Å². The minimum absolute atomic E-state index is 0.0174. The summed E-state index contributed by atoms with van der Waals surface area (Å²) in [6.45, 7) is 2.89. The van der Waals surface area contributed by atoms with Gasteiger partial charge in [0, 0.05) is 12.1 Å². The van der Waals surface area contributed by atoms with Crippen LogP contribution in [0, 0.1) is 0 Å². The third-order valence-corrected chi connectivity index (χ3v) is 5.81. The molecule has 1 unspecified atom stereocenters. The largest absolute Gasteiger partial charge is 0.479 e. The Morgan fingerprint density at radius 1 is 1.24 bits per heavy atom. The molecule has 3 rings (SSSR count). The minimum Gasteiger partial charge on any atom is -0.479 e. The Kier molecular flexibility index (Phi) is 5.42. The Labute approximate surface area is 149 Å². The summed E-state index contributed by atoms with van der Waals surface area (Å²) in [5.74, 6) is -0.987. The van der Waals surface area contributed by atoms with Gasteiger partial charge < -0.3 is 14.7 Å². The number of rotatable bonds is 6. The second-order valence-electron chi connectivity index (χ2n) is 7.19. The smallest absolute Gasteiger partial charge is 0.332 e. The van der Waals surface area contributed by atoms with Crippen LogP contribution >= 0.6 is 0 Å². The van der Waals surface area contributed by atoms with Crippen molar-refractivity contribution in [1.29, 1.82) is 0 Å². The van der Waals surface area contributed by atoms with E-state index in [1.54, 1.807) is 0 Å². The zero-order valence-electron chi connectivity index (χ0n) is 14.8. The van der Waals surface area contributed by atoms with Crippen LogP contribution in [0.4, 0.5) is 0 Å². The number of carbonyl (C=O) groups excluding carboxylic acids is 1. The molecule has 2 fully saturated rings. The van der Waals surface area contributed by atoms with Gasteiger partial charge in [0.2, 0.25) is 0 Å². The van der Waals surface area contributed by atoms with E-state index in [9.17, 15) is 9.59 Å². The first kappa shape index (κ1) is 17.9. The number of hydrogen-bond acceptors (Lipinski definition) is 3. The fourth-order valence-electron chi connectivity index (χ4n) is 4.28. The number of aliphatic carboxylic acids is 1. The summed E-state index contributed by atoms with van der Waals surface area (Å²) in [6.07, 6.45) is 4.31. The fraction of sp³-hybridized carbons (Fsp3) is 0.600. The molecule has 5 nitrogen and oxygen atoms in total. The molecule has 0 bridgehead atoms. The van der Waals surface area contributed by atoms with Crippen LogP contribution in [0.5, 0.6) is 0 Å². The van der Waals surface area contributed by atoms with Crippen molar-refractivity contribution < 1.29 is 19.4 Å². The second-order valence-corrected chi connectivity index (χ2v) is 7.19. The third kappa shape index (κ3) is 3.71. The highest BCUT2D eigenvalue weighted by Crippen LogP contribution is 2.38. The first-order valence-corrected chi connectivity index (χ1v) is 9.29. The molecule has 5 heteroatoms. The molecule has 0 saturated carbocycles. The maximum Gasteiger partial charge on any atom is 0.332 e. The van der Waals surface area contributed by atoms with E-state index < -0.39 is 18.2 Å². The lowest BCUT2D eigenvalue weighted by Crippen LogP contribution is -2.51. The van der Waals surface area contributed by atoms with Crippen LogP contribution in [0.1, 0.15) is 51.0 Å². The van der Waals surface area contributed by atoms with E-state index >= 15 is 0 Å². The molecule has 0 radical (unpaired) electrons. The summed E-state index contributed by atoms with van der Waals surface area (Å²) >= 11 is 0. The zero-order chi connectivity index (χ0) is 17.9. The van der Waals surface area contributed by atoms with Gasteiger partial charge in [-0.15, -0.1) is 0 Å². The molecule has 1 amide bonds. The van der Waals surface area contributed by atoms with Crippen molar-refractivity contribution in [3.05, 3.63) is 35.9 Å². The van der Waals surface area contributed by atoms with Crippen LogP contribution < -0.4 is 0 Å². The molecular weight excluding hydrogens is 318 g/mol. The maximum atomic E-state index is 13.0. The molecule has 2 saturated heterocycles. The van der Waals surface area contributed by atoms with Crippen LogP contribution in [0.15, 0.2) is 30.3 Å². The fourth-order valence-corrected chi connectivity index (χ4v) is 4.28. The van der Waals surface area contributed by atoms with E-state index in [1.807, 2.05) is 23.1 Å². The van der Waals surface area contributed by atoms with Gasteiger partial charge in [-0.1, -0.05) is 37.3 Å². The van der Waals surface area contributed by atoms with Crippen LogP contribution in [0.25, 0.3) is 0 Å². The van der Waals surface area contributed by atoms with Gasteiger partial charge in [0.15, 0.2) is 6.10 Å². The average Bonchev–Trinajstić information content (AvgIpc) is 3.28. The van der Waals surface area contributed by atoms with E-state index in [1.165, 1.54) is 5.56 Å². The summed E-state index contributed by atoms with van der Waals surface area (Å²) in [6, 6.07) is 10.4. The molecular formula is C20H27NO4. The molecule has 1 N–H and O–H groups in total. The van der Waals surface area contributed by atoms with Crippen molar-refractivity contribution in [2.24, 2.45) is 0 Å². The van der Waals surface area contributed by atoms with E-state index in [4.69, 9.17) is 9.84 Å². The van der Waals surface area contributed by atoms with Gasteiger partial charge in [0.05, 0.1) is 0 Å². The van der Waals surface area contributed by atoms with Crippen molar-refractivity contribution in [2.45, 2.75) is 69.6 Å². The van der Waals surface area contributed by atoms with Crippen LogP contribution in [0.3, 0.4) is 0 Å². The summed E-state index contributed by atoms with van der Waals surface area (Å²) in [5, 5.41) is 9.09. The normalized spacial score (nSPS) is 29.1. The van der Waals surface area contributed by atoms with Gasteiger partial charge in [-0.05, 0) is 50.5 Å². The molecule has 1 aromatic carbocycles. The first-order valence-electron chi connectivity index (χ1n) is 9.29. The molecule has 2 aliphatic rings. The lowest BCUT2D eigenvalue weighted by molar-refractivity contribution is -0.156. The Morgan fingerprint density at radius 2 is 1.96 bits per heavy atom. The van der Waals surface area contributed by atoms with E-state index in [2.05, 4.69) is 19.1 Å². The highest BCUT2D eigenvalue weighted by Gasteiger charge is 2.46. The van der Waals surface area contributed by atoms with Crippen molar-refractivity contribution in [1.82, 2.24) is 4.90 Å². The molecule has 1 aromatic rings. The zero-order valence-corrected chi connectivity index (χ0v) is 14.8. The van der Waals surface area contributed by atoms with Gasteiger partial charge in [-0.25, -0.2) is 4.79 Å². The lowest BCUT2D eigenvalue weighted by atomic mass is 9.85. The second kappa shape index (κ2) is 7.56. The van der Waals surface area contributed by atoms with Crippen LogP contribution in [-0.4, -0.2) is 46.2 Å². The summed E-state index contributed by atoms with van der Waals surface area (Å²) in [4.78, 5) is 26.1. The van der Waals surface area contributed by atoms with Crippen molar-refractivity contribution >= 4 is 11.9 Å². The quantitative estimate of drug-likeness (QED) is 0.861. The summed E-state index contributed by atoms with van der Waals surface area (Å²) in [5.41, 5.74) is 1.16. The van der Waals surface area contributed by atoms with Crippen molar-refractivity contribution in [3.63, 3.8) is 0 Å². The molecule has 136 valence electrons. The Balaban J connectivity index is 1.68. The highest BCUT2D eigenvalue weighted by molar-refractivity contribution is 5.83. The molecule has 0 spiro atoms. The van der Waals surface area contributed by atoms with E-state index in [0.29, 0.717) is 12.8 Å². The minimum atomic E-state index is -0.970. The standard InChI is InChI=1S/C20H27NO4/c1-2-20(13-11-15-7-4-3-5-8-15)12-6-14-21(20)18(22)16-9-10-17(25-16)19(23)24/h3-5,7-8,16-17H,2,6,9-14H2,1H3,(H,23,24)/t16-,17+,20?/m1/s1. The number of carboxylic acids is 1. The number of ether oxygens (including phenoxy) is 1. The third-order valence-electron chi connectivity index (χ3n) is 5.81. The van der Waals surface area contributed by atoms with Crippen LogP contribution in [-0.2, 0) is 20.7 Å². The first-order chi connectivity index (χ1) is 12.1. The monoisotopic (exact) mass is 345 g/mol. The maximum absolute atomic E-state index is 13.0. The molecule has 0 aliphatic carbocycles. The number of carboxylic acid groups (broad SMARTS) is 1.